The van der Waals surface area contributed by atoms with Gasteiger partial charge in [-0.3, -0.25) is 9.59 Å². The summed E-state index contributed by atoms with van der Waals surface area (Å²) in [7, 11) is 1.51. The first-order chi connectivity index (χ1) is 8.02. The number of halogens is 1. The molecule has 0 unspecified atom stereocenters. The molecule has 0 bridgehead atoms. The van der Waals surface area contributed by atoms with Gasteiger partial charge in [-0.2, -0.15) is 0 Å². The zero-order valence-corrected chi connectivity index (χ0v) is 10.1. The summed E-state index contributed by atoms with van der Waals surface area (Å²) in [6.07, 6.45) is 0.0804. The Labute approximate surface area is 104 Å². The second-order valence-corrected chi connectivity index (χ2v) is 3.81. The maximum absolute atomic E-state index is 11.5. The summed E-state index contributed by atoms with van der Waals surface area (Å²) >= 11 is 5.82. The number of carbonyl (C=O) groups excluding carboxylic acids is 2. The zero-order chi connectivity index (χ0) is 12.8. The Morgan fingerprint density at radius 3 is 2.76 bits per heavy atom. The highest BCUT2D eigenvalue weighted by Crippen LogP contribution is 2.22. The molecule has 3 N–H and O–H groups in total. The molecule has 0 aliphatic rings. The molecular weight excluding hydrogens is 244 g/mol. The lowest BCUT2D eigenvalue weighted by Crippen LogP contribution is -2.34. The first-order valence-corrected chi connectivity index (χ1v) is 5.28. The van der Waals surface area contributed by atoms with Gasteiger partial charge >= 0.3 is 0 Å². The Kier molecular flexibility index (Phi) is 4.78. The average Bonchev–Trinajstić information content (AvgIpc) is 2.27. The van der Waals surface area contributed by atoms with E-state index in [9.17, 15) is 9.59 Å². The number of rotatable bonds is 5. The summed E-state index contributed by atoms with van der Waals surface area (Å²) < 4.78 is 5.10. The van der Waals surface area contributed by atoms with Crippen molar-refractivity contribution in [2.45, 2.75) is 6.42 Å². The summed E-state index contributed by atoms with van der Waals surface area (Å²) in [6.45, 7) is -0.179. The van der Waals surface area contributed by atoms with Crippen molar-refractivity contribution in [3.63, 3.8) is 0 Å². The summed E-state index contributed by atoms with van der Waals surface area (Å²) in [5, 5.41) is 2.91. The molecule has 0 saturated heterocycles. The van der Waals surface area contributed by atoms with Crippen molar-refractivity contribution < 1.29 is 14.3 Å². The molecule has 1 aromatic rings. The van der Waals surface area contributed by atoms with E-state index in [0.717, 1.165) is 0 Å². The van der Waals surface area contributed by atoms with E-state index >= 15 is 0 Å². The Hall–Kier alpha value is -1.75. The van der Waals surface area contributed by atoms with E-state index < -0.39 is 5.91 Å². The van der Waals surface area contributed by atoms with Crippen molar-refractivity contribution in [1.82, 2.24) is 5.32 Å². The van der Waals surface area contributed by atoms with E-state index in [1.54, 1.807) is 18.2 Å². The first-order valence-electron chi connectivity index (χ1n) is 4.90. The number of hydrogen-bond donors (Lipinski definition) is 2. The van der Waals surface area contributed by atoms with E-state index in [4.69, 9.17) is 22.1 Å². The molecule has 92 valence electrons. The molecule has 0 fully saturated rings. The van der Waals surface area contributed by atoms with Crippen LogP contribution in [0.15, 0.2) is 18.2 Å². The van der Waals surface area contributed by atoms with Gasteiger partial charge in [-0.15, -0.1) is 0 Å². The molecule has 0 atom stereocenters. The summed E-state index contributed by atoms with van der Waals surface area (Å²) in [5.74, 6) is -0.329. The van der Waals surface area contributed by atoms with Crippen LogP contribution in [0.3, 0.4) is 0 Å². The zero-order valence-electron chi connectivity index (χ0n) is 9.33. The molecule has 0 aliphatic carbocycles. The molecule has 0 spiro atoms. The Morgan fingerprint density at radius 2 is 2.18 bits per heavy atom. The van der Waals surface area contributed by atoms with Crippen molar-refractivity contribution in [3.05, 3.63) is 28.8 Å². The summed E-state index contributed by atoms with van der Waals surface area (Å²) in [6, 6.07) is 4.99. The third-order valence-corrected chi connectivity index (χ3v) is 2.29. The topological polar surface area (TPSA) is 81.4 Å². The van der Waals surface area contributed by atoms with E-state index in [0.29, 0.717) is 16.3 Å². The second kappa shape index (κ2) is 6.10. The number of ether oxygens (including phenoxy) is 1. The largest absolute Gasteiger partial charge is 0.496 e. The van der Waals surface area contributed by atoms with Crippen molar-refractivity contribution in [2.24, 2.45) is 5.73 Å². The monoisotopic (exact) mass is 256 g/mol. The second-order valence-electron chi connectivity index (χ2n) is 3.38. The van der Waals surface area contributed by atoms with Crippen LogP contribution in [0.4, 0.5) is 0 Å². The lowest BCUT2D eigenvalue weighted by molar-refractivity contribution is -0.124. The highest BCUT2D eigenvalue weighted by atomic mass is 35.5. The van der Waals surface area contributed by atoms with Crippen LogP contribution in [0.25, 0.3) is 0 Å². The number of primary amides is 1. The van der Waals surface area contributed by atoms with Crippen molar-refractivity contribution in [2.75, 3.05) is 13.7 Å². The molecular formula is C11H13ClN2O3. The minimum atomic E-state index is -0.587. The minimum Gasteiger partial charge on any atom is -0.496 e. The fourth-order valence-electron chi connectivity index (χ4n) is 1.31. The number of methoxy groups -OCH3 is 1. The first kappa shape index (κ1) is 13.3. The van der Waals surface area contributed by atoms with E-state index in [2.05, 4.69) is 5.32 Å². The van der Waals surface area contributed by atoms with Gasteiger partial charge in [0.05, 0.1) is 20.1 Å². The van der Waals surface area contributed by atoms with Gasteiger partial charge in [0.2, 0.25) is 11.8 Å². The third kappa shape index (κ3) is 4.32. The van der Waals surface area contributed by atoms with Gasteiger partial charge in [-0.05, 0) is 18.2 Å². The molecule has 6 heteroatoms. The molecule has 0 aromatic heterocycles. The van der Waals surface area contributed by atoms with Gasteiger partial charge in [0.25, 0.3) is 0 Å². The Bertz CT molecular complexity index is 435. The maximum Gasteiger partial charge on any atom is 0.236 e. The van der Waals surface area contributed by atoms with Crippen LogP contribution in [0, 0.1) is 0 Å². The molecule has 1 aromatic carbocycles. The van der Waals surface area contributed by atoms with E-state index in [1.165, 1.54) is 7.11 Å². The molecule has 17 heavy (non-hydrogen) atoms. The van der Waals surface area contributed by atoms with Crippen LogP contribution in [0.1, 0.15) is 5.56 Å². The third-order valence-electron chi connectivity index (χ3n) is 2.05. The quantitative estimate of drug-likeness (QED) is 0.805. The number of nitrogens with one attached hydrogen (secondary N) is 1. The summed E-state index contributed by atoms with van der Waals surface area (Å²) in [5.41, 5.74) is 5.57. The van der Waals surface area contributed by atoms with Gasteiger partial charge in [0.15, 0.2) is 0 Å². The molecule has 0 heterocycles. The molecule has 5 nitrogen and oxygen atoms in total. The number of hydrogen-bond acceptors (Lipinski definition) is 3. The Morgan fingerprint density at radius 1 is 1.47 bits per heavy atom. The molecule has 0 saturated carbocycles. The average molecular weight is 257 g/mol. The predicted octanol–water partition coefficient (Wildman–Crippen LogP) is 0.493. The molecule has 2 amide bonds. The molecule has 1 rings (SSSR count). The van der Waals surface area contributed by atoms with Crippen molar-refractivity contribution in [1.29, 1.82) is 0 Å². The number of nitrogens with two attached hydrogens (primary N) is 1. The van der Waals surface area contributed by atoms with Crippen LogP contribution in [-0.2, 0) is 16.0 Å². The number of carbonyl (C=O) groups is 2. The standard InChI is InChI=1S/C11H13ClN2O3/c1-17-9-3-2-8(12)4-7(9)5-11(16)14-6-10(13)15/h2-4H,5-6H2,1H3,(H2,13,15)(H,14,16). The van der Waals surface area contributed by atoms with Crippen LogP contribution < -0.4 is 15.8 Å². The van der Waals surface area contributed by atoms with E-state index in [1.807, 2.05) is 0 Å². The normalized spacial score (nSPS) is 9.76. The van der Waals surface area contributed by atoms with Gasteiger partial charge in [-0.1, -0.05) is 11.6 Å². The fraction of sp³-hybridized carbons (Fsp3) is 0.273. The maximum atomic E-state index is 11.5. The van der Waals surface area contributed by atoms with Crippen molar-refractivity contribution >= 4 is 23.4 Å². The minimum absolute atomic E-state index is 0.0804. The lowest BCUT2D eigenvalue weighted by atomic mass is 10.1. The SMILES string of the molecule is COc1ccc(Cl)cc1CC(=O)NCC(N)=O. The van der Waals surface area contributed by atoms with Gasteiger partial charge < -0.3 is 15.8 Å². The van der Waals surface area contributed by atoms with E-state index in [-0.39, 0.29) is 18.9 Å². The predicted molar refractivity (Wildman–Crippen MR) is 63.9 cm³/mol. The fourth-order valence-corrected chi connectivity index (χ4v) is 1.50. The van der Waals surface area contributed by atoms with Crippen LogP contribution in [0.2, 0.25) is 5.02 Å². The van der Waals surface area contributed by atoms with Crippen LogP contribution >= 0.6 is 11.6 Å². The lowest BCUT2D eigenvalue weighted by Gasteiger charge is -2.08. The number of benzene rings is 1. The summed E-state index contributed by atoms with van der Waals surface area (Å²) in [4.78, 5) is 22.0. The molecule has 0 aliphatic heterocycles. The Balaban J connectivity index is 2.69. The highest BCUT2D eigenvalue weighted by molar-refractivity contribution is 6.30. The van der Waals surface area contributed by atoms with Gasteiger partial charge in [-0.25, -0.2) is 0 Å². The smallest absolute Gasteiger partial charge is 0.236 e. The van der Waals surface area contributed by atoms with Crippen LogP contribution in [0.5, 0.6) is 5.75 Å². The van der Waals surface area contributed by atoms with Gasteiger partial charge in [0, 0.05) is 10.6 Å². The number of amides is 2. The van der Waals surface area contributed by atoms with Gasteiger partial charge in [0.1, 0.15) is 5.75 Å². The highest BCUT2D eigenvalue weighted by Gasteiger charge is 2.09. The van der Waals surface area contributed by atoms with Crippen LogP contribution in [-0.4, -0.2) is 25.5 Å². The van der Waals surface area contributed by atoms with Crippen molar-refractivity contribution in [3.8, 4) is 5.75 Å². The molecule has 0 radical (unpaired) electrons.